The van der Waals surface area contributed by atoms with Crippen molar-refractivity contribution in [1.29, 1.82) is 0 Å². The number of amides is 2. The second-order valence-corrected chi connectivity index (χ2v) is 10.3. The fraction of sp³-hybridized carbons (Fsp3) is 0.481. The molecule has 0 spiro atoms. The Balaban J connectivity index is 1.80. The number of fused-ring (bicyclic) bond motifs is 1. The highest BCUT2D eigenvalue weighted by Crippen LogP contribution is 2.37. The van der Waals surface area contributed by atoms with Crippen LogP contribution in [0.2, 0.25) is 0 Å². The Kier molecular flexibility index (Phi) is 8.28. The fourth-order valence-electron chi connectivity index (χ4n) is 4.55. The van der Waals surface area contributed by atoms with Crippen LogP contribution >= 0.6 is 0 Å². The molecule has 1 aliphatic rings. The molecule has 1 heterocycles. The van der Waals surface area contributed by atoms with Crippen molar-refractivity contribution in [2.45, 2.75) is 71.1 Å². The largest absolute Gasteiger partial charge is 0.390 e. The van der Waals surface area contributed by atoms with Crippen molar-refractivity contribution in [3.8, 4) is 0 Å². The Hall–Kier alpha value is -2.84. The van der Waals surface area contributed by atoms with Gasteiger partial charge in [-0.1, -0.05) is 32.9 Å². The van der Waals surface area contributed by atoms with E-state index in [1.165, 1.54) is 19.1 Å². The quantitative estimate of drug-likeness (QED) is 0.556. The van der Waals surface area contributed by atoms with Crippen molar-refractivity contribution in [1.82, 2.24) is 10.6 Å². The van der Waals surface area contributed by atoms with Crippen LogP contribution in [0.1, 0.15) is 63.8 Å². The SMILES string of the molecule is CC(=O)N[C@@H](Cc1cc(F)cc(F)c1)[C@@H](O)CN[C@H]1CCN(C(C)=O)c2ccc(C(C)(C)C)cc21. The lowest BCUT2D eigenvalue weighted by molar-refractivity contribution is -0.120. The Morgan fingerprint density at radius 1 is 1.11 bits per heavy atom. The van der Waals surface area contributed by atoms with Gasteiger partial charge in [-0.2, -0.15) is 0 Å². The van der Waals surface area contributed by atoms with E-state index in [4.69, 9.17) is 0 Å². The standard InChI is InChI=1S/C27H35F2N3O3/c1-16(33)31-24(12-18-10-20(28)14-21(29)11-18)26(35)15-30-23-8-9-32(17(2)34)25-7-6-19(13-22(23)25)27(3,4)5/h6-7,10-11,13-14,23-24,26,30,35H,8-9,12,15H2,1-5H3,(H,31,33)/t23-,24-,26-/m0/s1. The number of rotatable bonds is 7. The Morgan fingerprint density at radius 3 is 2.34 bits per heavy atom. The first-order valence-corrected chi connectivity index (χ1v) is 11.9. The monoisotopic (exact) mass is 487 g/mol. The molecule has 0 saturated carbocycles. The highest BCUT2D eigenvalue weighted by Gasteiger charge is 2.30. The fourth-order valence-corrected chi connectivity index (χ4v) is 4.55. The van der Waals surface area contributed by atoms with Crippen LogP contribution in [0.4, 0.5) is 14.5 Å². The van der Waals surface area contributed by atoms with Gasteiger partial charge in [-0.25, -0.2) is 8.78 Å². The molecule has 8 heteroatoms. The predicted octanol–water partition coefficient (Wildman–Crippen LogP) is 3.76. The van der Waals surface area contributed by atoms with Gasteiger partial charge in [0.25, 0.3) is 0 Å². The number of anilines is 1. The third-order valence-corrected chi connectivity index (χ3v) is 6.39. The molecule has 0 aromatic heterocycles. The first kappa shape index (κ1) is 26.8. The average molecular weight is 488 g/mol. The summed E-state index contributed by atoms with van der Waals surface area (Å²) in [6, 6.07) is 8.44. The lowest BCUT2D eigenvalue weighted by Gasteiger charge is -2.36. The second-order valence-electron chi connectivity index (χ2n) is 10.3. The molecular formula is C27H35F2N3O3. The lowest BCUT2D eigenvalue weighted by atomic mass is 9.83. The molecule has 2 aromatic carbocycles. The highest BCUT2D eigenvalue weighted by atomic mass is 19.1. The number of aliphatic hydroxyl groups is 1. The van der Waals surface area contributed by atoms with Crippen LogP contribution in [0.15, 0.2) is 36.4 Å². The van der Waals surface area contributed by atoms with E-state index in [1.807, 2.05) is 12.1 Å². The molecule has 6 nitrogen and oxygen atoms in total. The molecule has 0 saturated heterocycles. The third kappa shape index (κ3) is 6.86. The maximum Gasteiger partial charge on any atom is 0.223 e. The van der Waals surface area contributed by atoms with Crippen LogP contribution in [0.3, 0.4) is 0 Å². The molecule has 3 N–H and O–H groups in total. The average Bonchev–Trinajstić information content (AvgIpc) is 2.74. The van der Waals surface area contributed by atoms with E-state index in [2.05, 4.69) is 37.5 Å². The first-order chi connectivity index (χ1) is 16.3. The van der Waals surface area contributed by atoms with E-state index in [1.54, 1.807) is 11.8 Å². The molecule has 1 aliphatic heterocycles. The predicted molar refractivity (Wildman–Crippen MR) is 132 cm³/mol. The summed E-state index contributed by atoms with van der Waals surface area (Å²) >= 11 is 0. The molecule has 190 valence electrons. The summed E-state index contributed by atoms with van der Waals surface area (Å²) < 4.78 is 27.3. The smallest absolute Gasteiger partial charge is 0.223 e. The lowest BCUT2D eigenvalue weighted by Crippen LogP contribution is -2.49. The number of halogens is 2. The zero-order valence-corrected chi connectivity index (χ0v) is 21.0. The third-order valence-electron chi connectivity index (χ3n) is 6.39. The summed E-state index contributed by atoms with van der Waals surface area (Å²) in [6.07, 6.45) is -0.275. The van der Waals surface area contributed by atoms with Gasteiger partial charge >= 0.3 is 0 Å². The van der Waals surface area contributed by atoms with Crippen molar-refractivity contribution in [3.05, 3.63) is 64.7 Å². The number of hydrogen-bond donors (Lipinski definition) is 3. The zero-order valence-electron chi connectivity index (χ0n) is 21.0. The molecular weight excluding hydrogens is 452 g/mol. The van der Waals surface area contributed by atoms with Crippen LogP contribution in [0.25, 0.3) is 0 Å². The van der Waals surface area contributed by atoms with Gasteiger partial charge in [0.05, 0.1) is 12.1 Å². The van der Waals surface area contributed by atoms with E-state index in [9.17, 15) is 23.5 Å². The minimum absolute atomic E-state index is 0.0266. The van der Waals surface area contributed by atoms with Gasteiger partial charge in [-0.15, -0.1) is 0 Å². The summed E-state index contributed by atoms with van der Waals surface area (Å²) in [5.41, 5.74) is 3.23. The van der Waals surface area contributed by atoms with Crippen molar-refractivity contribution < 1.29 is 23.5 Å². The molecule has 0 bridgehead atoms. The van der Waals surface area contributed by atoms with Gasteiger partial charge in [-0.3, -0.25) is 9.59 Å². The number of nitrogens with one attached hydrogen (secondary N) is 2. The summed E-state index contributed by atoms with van der Waals surface area (Å²) in [5, 5.41) is 17.0. The number of hydrogen-bond acceptors (Lipinski definition) is 4. The van der Waals surface area contributed by atoms with Crippen LogP contribution in [-0.4, -0.2) is 42.2 Å². The summed E-state index contributed by atoms with van der Waals surface area (Å²) in [7, 11) is 0. The molecule has 0 radical (unpaired) electrons. The summed E-state index contributed by atoms with van der Waals surface area (Å²) in [4.78, 5) is 25.7. The van der Waals surface area contributed by atoms with E-state index in [0.29, 0.717) is 18.5 Å². The maximum absolute atomic E-state index is 13.6. The minimum Gasteiger partial charge on any atom is -0.390 e. The van der Waals surface area contributed by atoms with Crippen molar-refractivity contribution in [2.24, 2.45) is 0 Å². The Labute approximate surface area is 205 Å². The van der Waals surface area contributed by atoms with E-state index >= 15 is 0 Å². The Morgan fingerprint density at radius 2 is 1.77 bits per heavy atom. The van der Waals surface area contributed by atoms with Crippen molar-refractivity contribution in [3.63, 3.8) is 0 Å². The minimum atomic E-state index is -1.01. The number of nitrogens with zero attached hydrogens (tertiary/aromatic N) is 1. The number of aliphatic hydroxyl groups excluding tert-OH is 1. The van der Waals surface area contributed by atoms with Gasteiger partial charge in [0.2, 0.25) is 11.8 Å². The van der Waals surface area contributed by atoms with Gasteiger partial charge < -0.3 is 20.6 Å². The van der Waals surface area contributed by atoms with Crippen LogP contribution in [0.5, 0.6) is 0 Å². The summed E-state index contributed by atoms with van der Waals surface area (Å²) in [6.45, 7) is 9.95. The highest BCUT2D eigenvalue weighted by molar-refractivity contribution is 5.93. The number of benzene rings is 2. The molecule has 35 heavy (non-hydrogen) atoms. The molecule has 0 aliphatic carbocycles. The molecule has 0 fully saturated rings. The van der Waals surface area contributed by atoms with Gasteiger partial charge in [0.1, 0.15) is 11.6 Å². The van der Waals surface area contributed by atoms with Crippen molar-refractivity contribution in [2.75, 3.05) is 18.0 Å². The molecule has 2 aromatic rings. The molecule has 3 atom stereocenters. The summed E-state index contributed by atoms with van der Waals surface area (Å²) in [5.74, 6) is -1.79. The van der Waals surface area contributed by atoms with Crippen LogP contribution in [0, 0.1) is 11.6 Å². The van der Waals surface area contributed by atoms with Crippen LogP contribution < -0.4 is 15.5 Å². The first-order valence-electron chi connectivity index (χ1n) is 11.9. The molecule has 3 rings (SSSR count). The Bertz CT molecular complexity index is 1060. The van der Waals surface area contributed by atoms with Gasteiger partial charge in [0, 0.05) is 44.7 Å². The van der Waals surface area contributed by atoms with Gasteiger partial charge in [-0.05, 0) is 53.1 Å². The second kappa shape index (κ2) is 10.8. The van der Waals surface area contributed by atoms with Crippen molar-refractivity contribution >= 4 is 17.5 Å². The van der Waals surface area contributed by atoms with E-state index < -0.39 is 23.8 Å². The van der Waals surface area contributed by atoms with Gasteiger partial charge in [0.15, 0.2) is 0 Å². The topological polar surface area (TPSA) is 81.7 Å². The number of carbonyl (C=O) groups is 2. The van der Waals surface area contributed by atoms with E-state index in [-0.39, 0.29) is 36.2 Å². The molecule has 0 unspecified atom stereocenters. The zero-order chi connectivity index (χ0) is 25.9. The number of carbonyl (C=O) groups excluding carboxylic acids is 2. The van der Waals surface area contributed by atoms with Crippen LogP contribution in [-0.2, 0) is 21.4 Å². The van der Waals surface area contributed by atoms with E-state index in [0.717, 1.165) is 22.9 Å². The molecule has 2 amide bonds. The normalized spacial score (nSPS) is 17.5. The maximum atomic E-state index is 13.6.